The predicted molar refractivity (Wildman–Crippen MR) is 191 cm³/mol. The van der Waals surface area contributed by atoms with Gasteiger partial charge in [0, 0.05) is 22.7 Å². The van der Waals surface area contributed by atoms with Gasteiger partial charge in [-0.15, -0.1) is 5.10 Å². The zero-order chi connectivity index (χ0) is 34.4. The van der Waals surface area contributed by atoms with Gasteiger partial charge in [0.1, 0.15) is 11.5 Å². The number of rotatable bonds is 13. The van der Waals surface area contributed by atoms with Gasteiger partial charge in [0.15, 0.2) is 11.5 Å². The number of carbonyl (C=O) groups excluding carboxylic acids is 2. The number of hydrogen-bond donors (Lipinski definition) is 3. The van der Waals surface area contributed by atoms with Crippen molar-refractivity contribution < 1.29 is 19.1 Å². The van der Waals surface area contributed by atoms with Crippen molar-refractivity contribution in [3.63, 3.8) is 0 Å². The lowest BCUT2D eigenvalue weighted by Gasteiger charge is -2.17. The van der Waals surface area contributed by atoms with Crippen LogP contribution in [0.25, 0.3) is 17.0 Å². The molecule has 2 aromatic heterocycles. The van der Waals surface area contributed by atoms with Crippen molar-refractivity contribution in [3.05, 3.63) is 88.6 Å². The molecule has 0 saturated heterocycles. The van der Waals surface area contributed by atoms with E-state index < -0.39 is 0 Å². The topological polar surface area (TPSA) is 123 Å². The number of anilines is 2. The first-order valence-corrected chi connectivity index (χ1v) is 16.7. The lowest BCUT2D eigenvalue weighted by atomic mass is 9.93. The summed E-state index contributed by atoms with van der Waals surface area (Å²) >= 11 is 0. The normalized spacial score (nSPS) is 11.5. The molecule has 0 aliphatic heterocycles. The molecule has 2 heterocycles. The Morgan fingerprint density at radius 3 is 1.85 bits per heavy atom. The molecule has 0 radical (unpaired) electrons. The molecule has 0 atom stereocenters. The minimum Gasteiger partial charge on any atom is -0.493 e. The van der Waals surface area contributed by atoms with E-state index in [0.29, 0.717) is 64.2 Å². The van der Waals surface area contributed by atoms with Crippen LogP contribution in [0.1, 0.15) is 97.8 Å². The number of aromatic nitrogens is 4. The Hall–Kier alpha value is -5.12. The number of carbonyl (C=O) groups is 2. The van der Waals surface area contributed by atoms with Gasteiger partial charge in [-0.25, -0.2) is 4.98 Å². The molecule has 0 aliphatic carbocycles. The van der Waals surface area contributed by atoms with Crippen LogP contribution in [0.3, 0.4) is 0 Å². The molecule has 0 spiro atoms. The summed E-state index contributed by atoms with van der Waals surface area (Å²) in [4.78, 5) is 32.4. The fourth-order valence-corrected chi connectivity index (χ4v) is 5.10. The van der Waals surface area contributed by atoms with E-state index >= 15 is 0 Å². The van der Waals surface area contributed by atoms with Crippen molar-refractivity contribution in [1.29, 1.82) is 0 Å². The van der Waals surface area contributed by atoms with Gasteiger partial charge < -0.3 is 20.1 Å². The second-order valence-electron chi connectivity index (χ2n) is 13.2. The standard InChI is InChI=1S/C38H46N6O4/c1-8-10-18-47-31-16-12-24(3)20-27(31)36(45)39-29-15-14-26(35-41-34-23-33(38(5,6)7)42-44(34)43-35)22-30(29)40-37(46)28-21-25(4)13-17-32(28)48-19-11-9-2/h12-17,20-23,42H,8-11,18-19H2,1-7H3,(H,39,45)(H,40,46). The van der Waals surface area contributed by atoms with Crippen LogP contribution < -0.4 is 20.1 Å². The van der Waals surface area contributed by atoms with E-state index in [1.807, 2.05) is 50.2 Å². The molecule has 10 heteroatoms. The number of aromatic amines is 1. The minimum atomic E-state index is -0.364. The van der Waals surface area contributed by atoms with E-state index in [0.717, 1.165) is 42.5 Å². The molecule has 2 amide bonds. The highest BCUT2D eigenvalue weighted by Gasteiger charge is 2.22. The number of ether oxygens (including phenoxy) is 2. The summed E-state index contributed by atoms with van der Waals surface area (Å²) in [6.45, 7) is 15.4. The molecule has 3 aromatic carbocycles. The van der Waals surface area contributed by atoms with Crippen LogP contribution in [-0.4, -0.2) is 44.8 Å². The van der Waals surface area contributed by atoms with Gasteiger partial charge >= 0.3 is 0 Å². The molecule has 0 fully saturated rings. The Labute approximate surface area is 282 Å². The number of benzene rings is 3. The quantitative estimate of drug-likeness (QED) is 0.110. The largest absolute Gasteiger partial charge is 0.493 e. The summed E-state index contributed by atoms with van der Waals surface area (Å²) in [6.07, 6.45) is 3.71. The van der Waals surface area contributed by atoms with Crippen molar-refractivity contribution in [2.24, 2.45) is 0 Å². The van der Waals surface area contributed by atoms with Gasteiger partial charge in [-0.2, -0.15) is 4.63 Å². The summed E-state index contributed by atoms with van der Waals surface area (Å²) in [6, 6.07) is 18.4. The highest BCUT2D eigenvalue weighted by molar-refractivity contribution is 6.12. The van der Waals surface area contributed by atoms with Crippen molar-refractivity contribution in [2.45, 2.75) is 79.6 Å². The SMILES string of the molecule is CCCCOc1ccc(C)cc1C(=O)Nc1ccc(-c2nc3cc(C(C)(C)C)[nH]n3n2)cc1NC(=O)c1cc(C)ccc1OCCCC. The van der Waals surface area contributed by atoms with Gasteiger partial charge in [0.25, 0.3) is 11.8 Å². The monoisotopic (exact) mass is 650 g/mol. The summed E-state index contributed by atoms with van der Waals surface area (Å²) in [7, 11) is 0. The summed E-state index contributed by atoms with van der Waals surface area (Å²) < 4.78 is 13.6. The van der Waals surface area contributed by atoms with Crippen LogP contribution in [0.4, 0.5) is 11.4 Å². The molecule has 48 heavy (non-hydrogen) atoms. The molecule has 0 aliphatic rings. The second kappa shape index (κ2) is 14.8. The first-order valence-electron chi connectivity index (χ1n) is 16.7. The molecule has 5 aromatic rings. The lowest BCUT2D eigenvalue weighted by molar-refractivity contribution is 0.101. The van der Waals surface area contributed by atoms with Gasteiger partial charge in [0.05, 0.1) is 35.7 Å². The fourth-order valence-electron chi connectivity index (χ4n) is 5.10. The van der Waals surface area contributed by atoms with Gasteiger partial charge in [0.2, 0.25) is 0 Å². The second-order valence-corrected chi connectivity index (χ2v) is 13.2. The maximum atomic E-state index is 13.9. The number of nitrogens with one attached hydrogen (secondary N) is 3. The fraction of sp³-hybridized carbons (Fsp3) is 0.368. The van der Waals surface area contributed by atoms with E-state index in [-0.39, 0.29) is 17.2 Å². The highest BCUT2D eigenvalue weighted by atomic mass is 16.5. The smallest absolute Gasteiger partial charge is 0.259 e. The van der Waals surface area contributed by atoms with Crippen LogP contribution in [0, 0.1) is 13.8 Å². The molecule has 3 N–H and O–H groups in total. The van der Waals surface area contributed by atoms with Crippen LogP contribution in [0.5, 0.6) is 11.5 Å². The minimum absolute atomic E-state index is 0.0903. The third kappa shape index (κ3) is 8.05. The predicted octanol–water partition coefficient (Wildman–Crippen LogP) is 8.50. The zero-order valence-corrected chi connectivity index (χ0v) is 29.0. The molecule has 0 saturated carbocycles. The average molecular weight is 651 g/mol. The van der Waals surface area contributed by atoms with Gasteiger partial charge in [-0.1, -0.05) is 70.7 Å². The molecular weight excluding hydrogens is 604 g/mol. The third-order valence-electron chi connectivity index (χ3n) is 7.98. The molecule has 252 valence electrons. The summed E-state index contributed by atoms with van der Waals surface area (Å²) in [5.41, 5.74) is 5.75. The first-order chi connectivity index (χ1) is 23.0. The summed E-state index contributed by atoms with van der Waals surface area (Å²) in [5, 5.41) is 14.0. The van der Waals surface area contributed by atoms with Crippen LogP contribution in [0.2, 0.25) is 0 Å². The lowest BCUT2D eigenvalue weighted by Crippen LogP contribution is -2.18. The zero-order valence-electron chi connectivity index (χ0n) is 29.0. The Morgan fingerprint density at radius 1 is 0.771 bits per heavy atom. The Bertz CT molecular complexity index is 1880. The van der Waals surface area contributed by atoms with Crippen LogP contribution >= 0.6 is 0 Å². The number of unbranched alkanes of at least 4 members (excludes halogenated alkanes) is 2. The van der Waals surface area contributed by atoms with Crippen molar-refractivity contribution in [3.8, 4) is 22.9 Å². The van der Waals surface area contributed by atoms with E-state index in [4.69, 9.17) is 14.5 Å². The summed E-state index contributed by atoms with van der Waals surface area (Å²) in [5.74, 6) is 0.767. The maximum absolute atomic E-state index is 13.9. The number of H-pyrrole nitrogens is 1. The Morgan fingerprint density at radius 2 is 1.33 bits per heavy atom. The Kier molecular flexibility index (Phi) is 10.5. The number of fused-ring (bicyclic) bond motifs is 1. The van der Waals surface area contributed by atoms with Gasteiger partial charge in [-0.3, -0.25) is 14.7 Å². The molecule has 0 unspecified atom stereocenters. The van der Waals surface area contributed by atoms with Crippen molar-refractivity contribution in [1.82, 2.24) is 19.8 Å². The molecule has 5 rings (SSSR count). The van der Waals surface area contributed by atoms with Crippen LogP contribution in [-0.2, 0) is 5.41 Å². The van der Waals surface area contributed by atoms with Crippen molar-refractivity contribution in [2.75, 3.05) is 23.8 Å². The van der Waals surface area contributed by atoms with Gasteiger partial charge in [-0.05, 0) is 69.2 Å². The van der Waals surface area contributed by atoms with E-state index in [1.165, 1.54) is 0 Å². The molecule has 0 bridgehead atoms. The molecular formula is C38H46N6O4. The number of aryl methyl sites for hydroxylation is 2. The maximum Gasteiger partial charge on any atom is 0.259 e. The number of hydrogen-bond acceptors (Lipinski definition) is 6. The average Bonchev–Trinajstić information content (AvgIpc) is 3.64. The van der Waals surface area contributed by atoms with Crippen LogP contribution in [0.15, 0.2) is 60.7 Å². The van der Waals surface area contributed by atoms with E-state index in [1.54, 1.807) is 28.9 Å². The number of nitrogens with zero attached hydrogens (tertiary/aromatic N) is 3. The highest BCUT2D eigenvalue weighted by Crippen LogP contribution is 2.32. The number of amides is 2. The first kappa shape index (κ1) is 34.2. The van der Waals surface area contributed by atoms with E-state index in [2.05, 4.69) is 55.4 Å². The Balaban J connectivity index is 1.51. The molecule has 10 nitrogen and oxygen atoms in total. The van der Waals surface area contributed by atoms with E-state index in [9.17, 15) is 9.59 Å². The third-order valence-corrected chi connectivity index (χ3v) is 7.98. The van der Waals surface area contributed by atoms with Crippen molar-refractivity contribution >= 4 is 28.8 Å².